The molecule has 0 radical (unpaired) electrons. The van der Waals surface area contributed by atoms with Crippen molar-refractivity contribution in [2.24, 2.45) is 10.2 Å². The van der Waals surface area contributed by atoms with Crippen molar-refractivity contribution in [1.82, 2.24) is 0 Å². The minimum atomic E-state index is -0.884. The highest BCUT2D eigenvalue weighted by Gasteiger charge is 2.17. The summed E-state index contributed by atoms with van der Waals surface area (Å²) in [7, 11) is 1.43. The number of carbonyl (C=O) groups is 2. The average Bonchev–Trinajstić information content (AvgIpc) is 1.81. The molecule has 0 unspecified atom stereocenters. The van der Waals surface area contributed by atoms with E-state index >= 15 is 0 Å². The Bertz CT molecular complexity index is 161. The lowest BCUT2D eigenvalue weighted by Gasteiger charge is -1.99. The summed E-state index contributed by atoms with van der Waals surface area (Å²) in [5.74, 6) is -0.531. The Balaban J connectivity index is 4.27. The smallest absolute Gasteiger partial charge is 0.186 e. The van der Waals surface area contributed by atoms with Crippen LogP contribution in [-0.2, 0) is 9.59 Å². The fourth-order valence-electron chi connectivity index (χ4n) is 0.564. The molecule has 4 nitrogen and oxygen atoms in total. The minimum Gasteiger partial charge on any atom is -0.297 e. The lowest BCUT2D eigenvalue weighted by Crippen LogP contribution is -2.23. The van der Waals surface area contributed by atoms with Gasteiger partial charge in [0, 0.05) is 7.05 Å². The third-order valence-corrected chi connectivity index (χ3v) is 1.00. The van der Waals surface area contributed by atoms with Crippen LogP contribution in [0.5, 0.6) is 0 Å². The molecule has 0 bridgehead atoms. The van der Waals surface area contributed by atoms with E-state index in [1.165, 1.54) is 20.9 Å². The van der Waals surface area contributed by atoms with Crippen molar-refractivity contribution in [1.29, 1.82) is 0 Å². The van der Waals surface area contributed by atoms with Crippen LogP contribution in [0.1, 0.15) is 13.8 Å². The summed E-state index contributed by atoms with van der Waals surface area (Å²) in [5, 5.41) is 6.81. The van der Waals surface area contributed by atoms with E-state index in [1.807, 2.05) is 0 Å². The monoisotopic (exact) mass is 142 g/mol. The van der Waals surface area contributed by atoms with Gasteiger partial charge in [-0.2, -0.15) is 10.2 Å². The Morgan fingerprint density at radius 3 is 1.70 bits per heavy atom. The summed E-state index contributed by atoms with van der Waals surface area (Å²) < 4.78 is 0. The maximum atomic E-state index is 10.6. The highest BCUT2D eigenvalue weighted by molar-refractivity contribution is 6.04. The summed E-state index contributed by atoms with van der Waals surface area (Å²) in [6, 6.07) is -0.884. The second-order valence-electron chi connectivity index (χ2n) is 1.94. The molecule has 0 aliphatic heterocycles. The topological polar surface area (TPSA) is 58.9 Å². The average molecular weight is 142 g/mol. The van der Waals surface area contributed by atoms with Gasteiger partial charge in [-0.25, -0.2) is 0 Å². The Labute approximate surface area is 59.3 Å². The normalized spacial score (nSPS) is 10.8. The zero-order valence-corrected chi connectivity index (χ0v) is 6.29. The van der Waals surface area contributed by atoms with Crippen molar-refractivity contribution in [3.8, 4) is 0 Å². The molecule has 0 atom stereocenters. The molecule has 0 aliphatic rings. The third kappa shape index (κ3) is 2.48. The third-order valence-electron chi connectivity index (χ3n) is 1.00. The van der Waals surface area contributed by atoms with Gasteiger partial charge in [-0.1, -0.05) is 0 Å². The first kappa shape index (κ1) is 8.94. The van der Waals surface area contributed by atoms with Crippen molar-refractivity contribution >= 4 is 11.6 Å². The molecular weight excluding hydrogens is 132 g/mol. The standard InChI is InChI=1S/C6H10N2O2/c1-4(9)6(5(2)10)8-7-3/h6H,1-3H3. The number of ketones is 2. The SMILES string of the molecule is CN=NC(C(C)=O)C(C)=O. The molecule has 56 valence electrons. The number of azo groups is 1. The fourth-order valence-corrected chi connectivity index (χ4v) is 0.564. The van der Waals surface area contributed by atoms with Gasteiger partial charge in [-0.15, -0.1) is 0 Å². The van der Waals surface area contributed by atoms with Gasteiger partial charge in [-0.3, -0.25) is 9.59 Å². The Kier molecular flexibility index (Phi) is 3.46. The molecular formula is C6H10N2O2. The van der Waals surface area contributed by atoms with Crippen LogP contribution >= 0.6 is 0 Å². The second kappa shape index (κ2) is 3.87. The number of nitrogens with zero attached hydrogens (tertiary/aromatic N) is 2. The lowest BCUT2D eigenvalue weighted by molar-refractivity contribution is -0.126. The molecule has 0 amide bonds. The molecule has 4 heteroatoms. The molecule has 0 aromatic carbocycles. The van der Waals surface area contributed by atoms with Crippen LogP contribution in [0.2, 0.25) is 0 Å². The van der Waals surface area contributed by atoms with Gasteiger partial charge in [0.1, 0.15) is 0 Å². The summed E-state index contributed by atoms with van der Waals surface area (Å²) in [6.45, 7) is 2.64. The highest BCUT2D eigenvalue weighted by Crippen LogP contribution is 1.94. The molecule has 10 heavy (non-hydrogen) atoms. The van der Waals surface area contributed by atoms with E-state index in [9.17, 15) is 9.59 Å². The maximum Gasteiger partial charge on any atom is 0.186 e. The van der Waals surface area contributed by atoms with Crippen LogP contribution in [0.3, 0.4) is 0 Å². The van der Waals surface area contributed by atoms with E-state index in [2.05, 4.69) is 10.2 Å². The van der Waals surface area contributed by atoms with Crippen molar-refractivity contribution < 1.29 is 9.59 Å². The van der Waals surface area contributed by atoms with E-state index < -0.39 is 6.04 Å². The summed E-state index contributed by atoms with van der Waals surface area (Å²) in [5.41, 5.74) is 0. The Morgan fingerprint density at radius 2 is 1.60 bits per heavy atom. The van der Waals surface area contributed by atoms with Crippen molar-refractivity contribution in [2.45, 2.75) is 19.9 Å². The van der Waals surface area contributed by atoms with E-state index in [1.54, 1.807) is 0 Å². The Hall–Kier alpha value is -1.06. The van der Waals surface area contributed by atoms with Gasteiger partial charge >= 0.3 is 0 Å². The molecule has 0 aliphatic carbocycles. The number of hydrogen-bond donors (Lipinski definition) is 0. The van der Waals surface area contributed by atoms with Gasteiger partial charge in [0.25, 0.3) is 0 Å². The molecule has 0 rings (SSSR count). The number of carbonyl (C=O) groups excluding carboxylic acids is 2. The maximum absolute atomic E-state index is 10.6. The van der Waals surface area contributed by atoms with Gasteiger partial charge in [0.15, 0.2) is 17.6 Å². The number of hydrogen-bond acceptors (Lipinski definition) is 4. The van der Waals surface area contributed by atoms with Crippen molar-refractivity contribution in [3.05, 3.63) is 0 Å². The molecule has 0 saturated carbocycles. The van der Waals surface area contributed by atoms with Gasteiger partial charge in [0.05, 0.1) is 0 Å². The first-order valence-corrected chi connectivity index (χ1v) is 2.89. The summed E-state index contributed by atoms with van der Waals surface area (Å²) >= 11 is 0. The van der Waals surface area contributed by atoms with E-state index in [0.29, 0.717) is 0 Å². The van der Waals surface area contributed by atoms with Crippen LogP contribution in [0.25, 0.3) is 0 Å². The van der Waals surface area contributed by atoms with Gasteiger partial charge < -0.3 is 0 Å². The predicted molar refractivity (Wildman–Crippen MR) is 35.9 cm³/mol. The molecule has 0 fully saturated rings. The zero-order valence-electron chi connectivity index (χ0n) is 6.29. The van der Waals surface area contributed by atoms with E-state index in [-0.39, 0.29) is 11.6 Å². The Morgan fingerprint density at radius 1 is 1.20 bits per heavy atom. The lowest BCUT2D eigenvalue weighted by atomic mass is 10.1. The van der Waals surface area contributed by atoms with Crippen LogP contribution in [0, 0.1) is 0 Å². The predicted octanol–water partition coefficient (Wildman–Crippen LogP) is 0.615. The molecule has 0 aromatic heterocycles. The van der Waals surface area contributed by atoms with Crippen LogP contribution in [0.4, 0.5) is 0 Å². The zero-order chi connectivity index (χ0) is 8.15. The van der Waals surface area contributed by atoms with Crippen molar-refractivity contribution in [3.63, 3.8) is 0 Å². The van der Waals surface area contributed by atoms with Crippen LogP contribution in [-0.4, -0.2) is 24.7 Å². The van der Waals surface area contributed by atoms with E-state index in [0.717, 1.165) is 0 Å². The van der Waals surface area contributed by atoms with Crippen LogP contribution < -0.4 is 0 Å². The number of rotatable bonds is 3. The first-order chi connectivity index (χ1) is 4.59. The molecule has 0 heterocycles. The summed E-state index contributed by atoms with van der Waals surface area (Å²) in [4.78, 5) is 21.2. The van der Waals surface area contributed by atoms with Gasteiger partial charge in [-0.05, 0) is 13.8 Å². The first-order valence-electron chi connectivity index (χ1n) is 2.89. The number of Topliss-reactive ketones (excluding diaryl/α,β-unsaturated/α-hetero) is 2. The van der Waals surface area contributed by atoms with Crippen LogP contribution in [0.15, 0.2) is 10.2 Å². The molecule has 0 spiro atoms. The van der Waals surface area contributed by atoms with Crippen molar-refractivity contribution in [2.75, 3.05) is 7.05 Å². The molecule has 0 N–H and O–H groups in total. The summed E-state index contributed by atoms with van der Waals surface area (Å²) in [6.07, 6.45) is 0. The fraction of sp³-hybridized carbons (Fsp3) is 0.667. The van der Waals surface area contributed by atoms with Gasteiger partial charge in [0.2, 0.25) is 0 Å². The highest BCUT2D eigenvalue weighted by atomic mass is 16.2. The second-order valence-corrected chi connectivity index (χ2v) is 1.94. The van der Waals surface area contributed by atoms with E-state index in [4.69, 9.17) is 0 Å². The minimum absolute atomic E-state index is 0.266. The molecule has 0 aromatic rings. The largest absolute Gasteiger partial charge is 0.297 e. The quantitative estimate of drug-likeness (QED) is 0.428. The molecule has 0 saturated heterocycles.